The lowest BCUT2D eigenvalue weighted by Crippen LogP contribution is -2.07. The summed E-state index contributed by atoms with van der Waals surface area (Å²) in [6.45, 7) is 2.19. The van der Waals surface area contributed by atoms with Crippen molar-refractivity contribution in [2.45, 2.75) is 19.8 Å². The van der Waals surface area contributed by atoms with E-state index in [0.717, 1.165) is 12.2 Å². The van der Waals surface area contributed by atoms with E-state index in [9.17, 15) is 0 Å². The molecule has 0 unspecified atom stereocenters. The van der Waals surface area contributed by atoms with Gasteiger partial charge in [-0.05, 0) is 23.5 Å². The molecule has 0 radical (unpaired) electrons. The predicted molar refractivity (Wildman–Crippen MR) is 55.2 cm³/mol. The molecule has 0 bridgehead atoms. The van der Waals surface area contributed by atoms with Crippen LogP contribution in [0.2, 0.25) is 0 Å². The van der Waals surface area contributed by atoms with E-state index in [1.165, 1.54) is 17.4 Å². The summed E-state index contributed by atoms with van der Waals surface area (Å²) >= 11 is 0. The molecule has 0 heterocycles. The third kappa shape index (κ3) is 2.03. The molecule has 1 nitrogen and oxygen atoms in total. The zero-order chi connectivity index (χ0) is 8.97. The summed E-state index contributed by atoms with van der Waals surface area (Å²) < 4.78 is 5.18. The van der Waals surface area contributed by atoms with Crippen molar-refractivity contribution in [1.82, 2.24) is 0 Å². The Morgan fingerprint density at radius 2 is 2.17 bits per heavy atom. The molecule has 0 spiro atoms. The molecule has 1 aromatic carbocycles. The van der Waals surface area contributed by atoms with Crippen LogP contribution in [0.3, 0.4) is 0 Å². The maximum Gasteiger partial charge on any atom is 0.144 e. The van der Waals surface area contributed by atoms with E-state index in [0.29, 0.717) is 0 Å². The average Bonchev–Trinajstić information content (AvgIpc) is 2.05. The summed E-state index contributed by atoms with van der Waals surface area (Å²) in [5, 5.41) is 0. The largest absolute Gasteiger partial charge is 0.497 e. The molecule has 2 heteroatoms. The molecule has 0 aliphatic heterocycles. The van der Waals surface area contributed by atoms with Gasteiger partial charge < -0.3 is 4.74 Å². The van der Waals surface area contributed by atoms with Gasteiger partial charge >= 0.3 is 0 Å². The first-order valence-electron chi connectivity index (χ1n) is 4.41. The second kappa shape index (κ2) is 4.20. The Bertz CT molecular complexity index is 258. The number of aryl methyl sites for hydroxylation is 1. The Balaban J connectivity index is 2.86. The monoisotopic (exact) mass is 162 g/mol. The van der Waals surface area contributed by atoms with Crippen LogP contribution in [0.5, 0.6) is 5.75 Å². The van der Waals surface area contributed by atoms with Gasteiger partial charge in [-0.1, -0.05) is 25.5 Å². The highest BCUT2D eigenvalue weighted by Crippen LogP contribution is 2.09. The number of ether oxygens (including phenoxy) is 1. The molecule has 0 aliphatic carbocycles. The molecular formula is C10H15BO. The lowest BCUT2D eigenvalue weighted by Gasteiger charge is -2.06. The van der Waals surface area contributed by atoms with Crippen molar-refractivity contribution >= 4 is 13.3 Å². The van der Waals surface area contributed by atoms with Crippen molar-refractivity contribution in [3.05, 3.63) is 23.8 Å². The molecule has 0 atom stereocenters. The third-order valence-corrected chi connectivity index (χ3v) is 2.00. The molecule has 0 saturated carbocycles. The molecule has 0 amide bonds. The molecule has 1 aromatic rings. The SMILES string of the molecule is Bc1cc(CCC)ccc1OC. The summed E-state index contributed by atoms with van der Waals surface area (Å²) in [5.41, 5.74) is 2.62. The van der Waals surface area contributed by atoms with E-state index in [2.05, 4.69) is 26.9 Å². The summed E-state index contributed by atoms with van der Waals surface area (Å²) in [4.78, 5) is 0. The van der Waals surface area contributed by atoms with Crippen molar-refractivity contribution in [3.8, 4) is 5.75 Å². The maximum absolute atomic E-state index is 5.18. The Labute approximate surface area is 75.2 Å². The minimum atomic E-state index is 0.981. The minimum Gasteiger partial charge on any atom is -0.497 e. The molecule has 1 rings (SSSR count). The van der Waals surface area contributed by atoms with Crippen molar-refractivity contribution in [1.29, 1.82) is 0 Å². The van der Waals surface area contributed by atoms with E-state index in [-0.39, 0.29) is 0 Å². The van der Waals surface area contributed by atoms with Gasteiger partial charge in [-0.2, -0.15) is 0 Å². The van der Waals surface area contributed by atoms with Crippen molar-refractivity contribution in [2.24, 2.45) is 0 Å². The van der Waals surface area contributed by atoms with Crippen LogP contribution in [0, 0.1) is 0 Å². The van der Waals surface area contributed by atoms with Gasteiger partial charge in [-0.25, -0.2) is 0 Å². The van der Waals surface area contributed by atoms with Crippen LogP contribution in [0.1, 0.15) is 18.9 Å². The Morgan fingerprint density at radius 3 is 2.67 bits per heavy atom. The van der Waals surface area contributed by atoms with Crippen molar-refractivity contribution < 1.29 is 4.74 Å². The van der Waals surface area contributed by atoms with Gasteiger partial charge in [0.15, 0.2) is 0 Å². The molecule has 64 valence electrons. The lowest BCUT2D eigenvalue weighted by molar-refractivity contribution is 0.418. The highest BCUT2D eigenvalue weighted by Gasteiger charge is 1.97. The molecular weight excluding hydrogens is 147 g/mol. The lowest BCUT2D eigenvalue weighted by atomic mass is 9.92. The van der Waals surface area contributed by atoms with Crippen LogP contribution in [0.15, 0.2) is 18.2 Å². The normalized spacial score (nSPS) is 9.83. The van der Waals surface area contributed by atoms with E-state index in [1.54, 1.807) is 7.11 Å². The van der Waals surface area contributed by atoms with E-state index < -0.39 is 0 Å². The summed E-state index contributed by atoms with van der Waals surface area (Å²) in [5.74, 6) is 0.981. The van der Waals surface area contributed by atoms with Gasteiger partial charge in [0.1, 0.15) is 13.6 Å². The number of benzene rings is 1. The van der Waals surface area contributed by atoms with E-state index in [4.69, 9.17) is 4.74 Å². The number of hydrogen-bond donors (Lipinski definition) is 0. The molecule has 0 aromatic heterocycles. The number of methoxy groups -OCH3 is 1. The summed E-state index contributed by atoms with van der Waals surface area (Å²) in [6, 6.07) is 6.37. The smallest absolute Gasteiger partial charge is 0.144 e. The van der Waals surface area contributed by atoms with Crippen LogP contribution in [-0.2, 0) is 6.42 Å². The topological polar surface area (TPSA) is 9.23 Å². The predicted octanol–water partition coefficient (Wildman–Crippen LogP) is 0.906. The van der Waals surface area contributed by atoms with Crippen LogP contribution in [0.4, 0.5) is 0 Å². The zero-order valence-electron chi connectivity index (χ0n) is 8.05. The van der Waals surface area contributed by atoms with Crippen LogP contribution in [0.25, 0.3) is 0 Å². The van der Waals surface area contributed by atoms with Gasteiger partial charge in [0.25, 0.3) is 0 Å². The van der Waals surface area contributed by atoms with Crippen LogP contribution < -0.4 is 10.2 Å². The molecule has 12 heavy (non-hydrogen) atoms. The fourth-order valence-corrected chi connectivity index (χ4v) is 1.38. The van der Waals surface area contributed by atoms with Gasteiger partial charge in [0.2, 0.25) is 0 Å². The van der Waals surface area contributed by atoms with Crippen molar-refractivity contribution in [2.75, 3.05) is 7.11 Å². The fraction of sp³-hybridized carbons (Fsp3) is 0.400. The number of rotatable bonds is 3. The van der Waals surface area contributed by atoms with Crippen LogP contribution in [-0.4, -0.2) is 15.0 Å². The highest BCUT2D eigenvalue weighted by molar-refractivity contribution is 6.34. The molecule has 0 saturated heterocycles. The maximum atomic E-state index is 5.18. The minimum absolute atomic E-state index is 0.981. The Kier molecular flexibility index (Phi) is 3.21. The average molecular weight is 162 g/mol. The zero-order valence-corrected chi connectivity index (χ0v) is 8.05. The second-order valence-electron chi connectivity index (χ2n) is 3.05. The Morgan fingerprint density at radius 1 is 1.42 bits per heavy atom. The first-order valence-corrected chi connectivity index (χ1v) is 4.41. The summed E-state index contributed by atoms with van der Waals surface area (Å²) in [7, 11) is 3.79. The second-order valence-corrected chi connectivity index (χ2v) is 3.05. The number of hydrogen-bond acceptors (Lipinski definition) is 1. The van der Waals surface area contributed by atoms with Gasteiger partial charge in [0.05, 0.1) is 7.11 Å². The van der Waals surface area contributed by atoms with Crippen molar-refractivity contribution in [3.63, 3.8) is 0 Å². The van der Waals surface area contributed by atoms with E-state index >= 15 is 0 Å². The van der Waals surface area contributed by atoms with Crippen LogP contribution >= 0.6 is 0 Å². The first-order chi connectivity index (χ1) is 5.77. The highest BCUT2D eigenvalue weighted by atomic mass is 16.5. The van der Waals surface area contributed by atoms with Gasteiger partial charge in [-0.3, -0.25) is 0 Å². The Hall–Kier alpha value is -0.915. The quantitative estimate of drug-likeness (QED) is 0.600. The third-order valence-electron chi connectivity index (χ3n) is 2.00. The first kappa shape index (κ1) is 9.18. The standard InChI is InChI=1S/C10H15BO/c1-3-4-8-5-6-10(12-2)9(11)7-8/h5-7H,3-4,11H2,1-2H3. The van der Waals surface area contributed by atoms with E-state index in [1.807, 2.05) is 6.07 Å². The molecule has 0 aliphatic rings. The fourth-order valence-electron chi connectivity index (χ4n) is 1.38. The molecule has 0 N–H and O–H groups in total. The molecule has 0 fully saturated rings. The summed E-state index contributed by atoms with van der Waals surface area (Å²) in [6.07, 6.45) is 2.36. The van der Waals surface area contributed by atoms with Gasteiger partial charge in [-0.15, -0.1) is 0 Å². The van der Waals surface area contributed by atoms with Gasteiger partial charge in [0, 0.05) is 0 Å².